The van der Waals surface area contributed by atoms with Gasteiger partial charge in [-0.3, -0.25) is 0 Å². The Morgan fingerprint density at radius 3 is 2.48 bits per heavy atom. The van der Waals surface area contributed by atoms with Crippen molar-refractivity contribution in [3.05, 3.63) is 85.1 Å². The molecule has 0 bridgehead atoms. The number of fused-ring (bicyclic) bond motifs is 4. The van der Waals surface area contributed by atoms with Gasteiger partial charge in [0, 0.05) is 11.6 Å². The standard InChI is InChI=1S/C23H17NO/c1-25-20-11-10-16-13-19(9-8-17(16)14-20)23-15-18-5-2-3-6-21(18)22-7-4-12-24(22)23/h2-15H,1H3. The Bertz CT molecular complexity index is 1230. The molecule has 5 aromatic rings. The smallest absolute Gasteiger partial charge is 0.119 e. The molecule has 0 aliphatic rings. The van der Waals surface area contributed by atoms with Crippen LogP contribution < -0.4 is 4.74 Å². The SMILES string of the molecule is COc1ccc2cc(-c3cc4ccccc4c4cccn34)ccc2c1. The molecule has 120 valence electrons. The fourth-order valence-corrected chi connectivity index (χ4v) is 3.62. The van der Waals surface area contributed by atoms with E-state index in [2.05, 4.69) is 83.4 Å². The van der Waals surface area contributed by atoms with Crippen LogP contribution >= 0.6 is 0 Å². The first-order chi connectivity index (χ1) is 12.3. The molecule has 0 N–H and O–H groups in total. The number of hydrogen-bond acceptors (Lipinski definition) is 1. The van der Waals surface area contributed by atoms with Gasteiger partial charge >= 0.3 is 0 Å². The average Bonchev–Trinajstić information content (AvgIpc) is 3.16. The van der Waals surface area contributed by atoms with Gasteiger partial charge in [0.2, 0.25) is 0 Å². The molecule has 0 spiro atoms. The first kappa shape index (κ1) is 14.1. The first-order valence-corrected chi connectivity index (χ1v) is 8.40. The van der Waals surface area contributed by atoms with E-state index in [1.807, 2.05) is 6.07 Å². The van der Waals surface area contributed by atoms with Crippen molar-refractivity contribution in [2.24, 2.45) is 0 Å². The van der Waals surface area contributed by atoms with Crippen LogP contribution in [0.2, 0.25) is 0 Å². The summed E-state index contributed by atoms with van der Waals surface area (Å²) in [6.45, 7) is 0. The summed E-state index contributed by atoms with van der Waals surface area (Å²) < 4.78 is 7.60. The highest BCUT2D eigenvalue weighted by Gasteiger charge is 2.08. The van der Waals surface area contributed by atoms with Gasteiger partial charge in [0.25, 0.3) is 0 Å². The Balaban J connectivity index is 1.79. The van der Waals surface area contributed by atoms with Crippen molar-refractivity contribution in [3.8, 4) is 17.0 Å². The molecular formula is C23H17NO. The van der Waals surface area contributed by atoms with Crippen molar-refractivity contribution in [2.75, 3.05) is 7.11 Å². The maximum Gasteiger partial charge on any atom is 0.119 e. The number of nitrogens with zero attached hydrogens (tertiary/aromatic N) is 1. The zero-order chi connectivity index (χ0) is 16.8. The maximum absolute atomic E-state index is 5.33. The summed E-state index contributed by atoms with van der Waals surface area (Å²) in [7, 11) is 1.70. The molecule has 2 heterocycles. The van der Waals surface area contributed by atoms with Crippen LogP contribution in [-0.4, -0.2) is 11.5 Å². The van der Waals surface area contributed by atoms with Crippen LogP contribution in [0, 0.1) is 0 Å². The lowest BCUT2D eigenvalue weighted by Gasteiger charge is -2.11. The Morgan fingerprint density at radius 1 is 0.720 bits per heavy atom. The fraction of sp³-hybridized carbons (Fsp3) is 0.0435. The van der Waals surface area contributed by atoms with E-state index < -0.39 is 0 Å². The monoisotopic (exact) mass is 323 g/mol. The second-order valence-corrected chi connectivity index (χ2v) is 6.31. The Labute approximate surface area is 145 Å². The lowest BCUT2D eigenvalue weighted by atomic mass is 10.0. The number of aromatic nitrogens is 1. The fourth-order valence-electron chi connectivity index (χ4n) is 3.62. The minimum absolute atomic E-state index is 0.888. The molecule has 0 amide bonds. The topological polar surface area (TPSA) is 13.6 Å². The van der Waals surface area contributed by atoms with Crippen molar-refractivity contribution in [1.29, 1.82) is 0 Å². The predicted octanol–water partition coefficient (Wildman–Crippen LogP) is 5.92. The molecule has 2 heteroatoms. The van der Waals surface area contributed by atoms with Gasteiger partial charge in [0.1, 0.15) is 5.75 Å². The van der Waals surface area contributed by atoms with Gasteiger partial charge in [-0.2, -0.15) is 0 Å². The average molecular weight is 323 g/mol. The van der Waals surface area contributed by atoms with Crippen molar-refractivity contribution in [1.82, 2.24) is 4.40 Å². The molecule has 25 heavy (non-hydrogen) atoms. The normalized spacial score (nSPS) is 11.4. The number of rotatable bonds is 2. The number of hydrogen-bond donors (Lipinski definition) is 0. The molecule has 0 aliphatic heterocycles. The third-order valence-electron chi connectivity index (χ3n) is 4.88. The summed E-state index contributed by atoms with van der Waals surface area (Å²) in [5, 5.41) is 4.94. The summed E-state index contributed by atoms with van der Waals surface area (Å²) in [6, 6.07) is 27.9. The van der Waals surface area contributed by atoms with E-state index in [0.29, 0.717) is 0 Å². The minimum Gasteiger partial charge on any atom is -0.497 e. The summed E-state index contributed by atoms with van der Waals surface area (Å²) in [6.07, 6.45) is 2.13. The largest absolute Gasteiger partial charge is 0.497 e. The highest BCUT2D eigenvalue weighted by Crippen LogP contribution is 2.31. The molecule has 0 unspecified atom stereocenters. The molecule has 0 radical (unpaired) electrons. The van der Waals surface area contributed by atoms with E-state index in [1.54, 1.807) is 7.11 Å². The van der Waals surface area contributed by atoms with Gasteiger partial charge in [0.05, 0.1) is 18.3 Å². The molecule has 2 aromatic heterocycles. The number of pyridine rings is 1. The molecular weight excluding hydrogens is 306 g/mol. The highest BCUT2D eigenvalue weighted by atomic mass is 16.5. The summed E-state index contributed by atoms with van der Waals surface area (Å²) >= 11 is 0. The second kappa shape index (κ2) is 5.38. The number of benzene rings is 3. The molecule has 0 atom stereocenters. The molecule has 0 saturated carbocycles. The van der Waals surface area contributed by atoms with Gasteiger partial charge < -0.3 is 9.14 Å². The van der Waals surface area contributed by atoms with Crippen LogP contribution in [-0.2, 0) is 0 Å². The quantitative estimate of drug-likeness (QED) is 0.393. The van der Waals surface area contributed by atoms with Crippen LogP contribution in [0.25, 0.3) is 38.3 Å². The van der Waals surface area contributed by atoms with Crippen molar-refractivity contribution in [2.45, 2.75) is 0 Å². The van der Waals surface area contributed by atoms with Gasteiger partial charge in [-0.25, -0.2) is 0 Å². The predicted molar refractivity (Wildman–Crippen MR) is 104 cm³/mol. The van der Waals surface area contributed by atoms with E-state index in [4.69, 9.17) is 4.74 Å². The Morgan fingerprint density at radius 2 is 1.56 bits per heavy atom. The molecule has 5 rings (SSSR count). The van der Waals surface area contributed by atoms with E-state index in [1.165, 1.54) is 38.3 Å². The summed E-state index contributed by atoms with van der Waals surface area (Å²) in [5.41, 5.74) is 3.66. The zero-order valence-electron chi connectivity index (χ0n) is 13.9. The first-order valence-electron chi connectivity index (χ1n) is 8.40. The third-order valence-corrected chi connectivity index (χ3v) is 4.88. The van der Waals surface area contributed by atoms with Gasteiger partial charge in [-0.05, 0) is 58.1 Å². The van der Waals surface area contributed by atoms with Crippen molar-refractivity contribution < 1.29 is 4.74 Å². The number of methoxy groups -OCH3 is 1. The molecule has 0 saturated heterocycles. The van der Waals surface area contributed by atoms with E-state index >= 15 is 0 Å². The van der Waals surface area contributed by atoms with Gasteiger partial charge in [-0.1, -0.05) is 42.5 Å². The molecule has 0 aliphatic carbocycles. The van der Waals surface area contributed by atoms with Gasteiger partial charge in [-0.15, -0.1) is 0 Å². The van der Waals surface area contributed by atoms with Crippen LogP contribution in [0.15, 0.2) is 85.1 Å². The molecule has 2 nitrogen and oxygen atoms in total. The van der Waals surface area contributed by atoms with Crippen molar-refractivity contribution in [3.63, 3.8) is 0 Å². The van der Waals surface area contributed by atoms with Crippen LogP contribution in [0.3, 0.4) is 0 Å². The van der Waals surface area contributed by atoms with E-state index in [9.17, 15) is 0 Å². The lowest BCUT2D eigenvalue weighted by Crippen LogP contribution is -1.92. The van der Waals surface area contributed by atoms with Gasteiger partial charge in [0.15, 0.2) is 0 Å². The minimum atomic E-state index is 0.888. The zero-order valence-corrected chi connectivity index (χ0v) is 13.9. The second-order valence-electron chi connectivity index (χ2n) is 6.31. The van der Waals surface area contributed by atoms with E-state index in [-0.39, 0.29) is 0 Å². The van der Waals surface area contributed by atoms with Crippen LogP contribution in [0.5, 0.6) is 5.75 Å². The summed E-state index contributed by atoms with van der Waals surface area (Å²) in [5.74, 6) is 0.888. The molecule has 3 aromatic carbocycles. The Kier molecular flexibility index (Phi) is 3.04. The number of ether oxygens (including phenoxy) is 1. The van der Waals surface area contributed by atoms with Crippen LogP contribution in [0.4, 0.5) is 0 Å². The molecule has 0 fully saturated rings. The van der Waals surface area contributed by atoms with Crippen molar-refractivity contribution >= 4 is 27.1 Å². The third kappa shape index (κ3) is 2.18. The highest BCUT2D eigenvalue weighted by molar-refractivity contribution is 5.99. The lowest BCUT2D eigenvalue weighted by molar-refractivity contribution is 0.415. The van der Waals surface area contributed by atoms with Crippen LogP contribution in [0.1, 0.15) is 0 Å². The Hall–Kier alpha value is -3.26. The maximum atomic E-state index is 5.33. The summed E-state index contributed by atoms with van der Waals surface area (Å²) in [4.78, 5) is 0. The van der Waals surface area contributed by atoms with E-state index in [0.717, 1.165) is 5.75 Å².